The largest absolute Gasteiger partial charge is 0.491 e. The summed E-state index contributed by atoms with van der Waals surface area (Å²) in [5, 5.41) is 2.84. The van der Waals surface area contributed by atoms with Crippen LogP contribution in [-0.2, 0) is 14.8 Å². The van der Waals surface area contributed by atoms with Crippen LogP contribution in [0.2, 0.25) is 0 Å². The molecule has 0 fully saturated rings. The first-order chi connectivity index (χ1) is 12.7. The fourth-order valence-electron chi connectivity index (χ4n) is 2.31. The highest BCUT2D eigenvalue weighted by atomic mass is 32.2. The molecule has 2 aromatic rings. The molecule has 1 atom stereocenters. The van der Waals surface area contributed by atoms with Gasteiger partial charge in [0.15, 0.2) is 0 Å². The maximum atomic E-state index is 12.0. The minimum atomic E-state index is -3.30. The Hall–Kier alpha value is -2.80. The van der Waals surface area contributed by atoms with Crippen LogP contribution in [0.3, 0.4) is 0 Å². The Bertz CT molecular complexity index is 906. The fourth-order valence-corrected chi connectivity index (χ4v) is 2.87. The van der Waals surface area contributed by atoms with E-state index in [9.17, 15) is 13.2 Å². The van der Waals surface area contributed by atoms with Crippen LogP contribution < -0.4 is 14.8 Å². The number of carbonyl (C=O) groups excluding carboxylic acids is 1. The van der Waals surface area contributed by atoms with Gasteiger partial charge < -0.3 is 10.1 Å². The summed E-state index contributed by atoms with van der Waals surface area (Å²) < 4.78 is 30.4. The molecule has 0 aliphatic carbocycles. The molecule has 2 rings (SSSR count). The summed E-state index contributed by atoms with van der Waals surface area (Å²) in [4.78, 5) is 12.0. The number of rotatable bonds is 8. The first kappa shape index (κ1) is 20.5. The lowest BCUT2D eigenvalue weighted by molar-refractivity contribution is -0.117. The van der Waals surface area contributed by atoms with E-state index in [4.69, 9.17) is 4.74 Å². The molecule has 0 aliphatic heterocycles. The van der Waals surface area contributed by atoms with Crippen molar-refractivity contribution in [2.45, 2.75) is 19.9 Å². The molecule has 1 unspecified atom stereocenters. The highest BCUT2D eigenvalue weighted by Gasteiger charge is 2.06. The third kappa shape index (κ3) is 7.96. The number of sulfonamides is 1. The Balaban J connectivity index is 1.81. The summed E-state index contributed by atoms with van der Waals surface area (Å²) in [6.45, 7) is 4.23. The molecule has 0 saturated carbocycles. The molecule has 0 spiro atoms. The fraction of sp³-hybridized carbons (Fsp3) is 0.250. The minimum Gasteiger partial charge on any atom is -0.491 e. The molecule has 0 aliphatic rings. The van der Waals surface area contributed by atoms with E-state index in [-0.39, 0.29) is 11.9 Å². The van der Waals surface area contributed by atoms with Crippen LogP contribution in [0.5, 0.6) is 5.75 Å². The summed E-state index contributed by atoms with van der Waals surface area (Å²) in [6.07, 6.45) is 4.19. The van der Waals surface area contributed by atoms with Crippen molar-refractivity contribution in [3.05, 3.63) is 65.7 Å². The third-order valence-corrected chi connectivity index (χ3v) is 4.13. The topological polar surface area (TPSA) is 84.5 Å². The SMILES string of the molecule is Cc1cccc(OCC(C)NC(=O)/C=C/c2ccc(NS(C)(=O)=O)cc2)c1. The molecule has 0 aromatic heterocycles. The number of amides is 1. The van der Waals surface area contributed by atoms with Crippen LogP contribution >= 0.6 is 0 Å². The molecule has 0 saturated heterocycles. The van der Waals surface area contributed by atoms with Gasteiger partial charge in [0, 0.05) is 11.8 Å². The average Bonchev–Trinajstić information content (AvgIpc) is 2.58. The van der Waals surface area contributed by atoms with Crippen molar-refractivity contribution in [3.63, 3.8) is 0 Å². The first-order valence-electron chi connectivity index (χ1n) is 8.47. The highest BCUT2D eigenvalue weighted by molar-refractivity contribution is 7.92. The number of anilines is 1. The summed E-state index contributed by atoms with van der Waals surface area (Å²) >= 11 is 0. The van der Waals surface area contributed by atoms with Gasteiger partial charge in [-0.15, -0.1) is 0 Å². The third-order valence-electron chi connectivity index (χ3n) is 3.52. The van der Waals surface area contributed by atoms with Crippen molar-refractivity contribution in [1.29, 1.82) is 0 Å². The predicted octanol–water partition coefficient (Wildman–Crippen LogP) is 2.96. The van der Waals surface area contributed by atoms with E-state index in [1.165, 1.54) is 6.08 Å². The van der Waals surface area contributed by atoms with Crippen LogP contribution in [0.4, 0.5) is 5.69 Å². The maximum Gasteiger partial charge on any atom is 0.244 e. The van der Waals surface area contributed by atoms with Crippen molar-refractivity contribution in [2.75, 3.05) is 17.6 Å². The smallest absolute Gasteiger partial charge is 0.244 e. The van der Waals surface area contributed by atoms with Crippen molar-refractivity contribution >= 4 is 27.7 Å². The summed E-state index contributed by atoms with van der Waals surface area (Å²) in [5.41, 5.74) is 2.37. The number of hydrogen-bond acceptors (Lipinski definition) is 4. The Morgan fingerprint density at radius 1 is 1.19 bits per heavy atom. The lowest BCUT2D eigenvalue weighted by atomic mass is 10.2. The van der Waals surface area contributed by atoms with Crippen molar-refractivity contribution in [1.82, 2.24) is 5.32 Å². The summed E-state index contributed by atoms with van der Waals surface area (Å²) in [6, 6.07) is 14.3. The standard InChI is InChI=1S/C20H24N2O4S/c1-15-5-4-6-19(13-15)26-14-16(2)21-20(23)12-9-17-7-10-18(11-8-17)22-27(3,24)25/h4-13,16,22H,14H2,1-3H3,(H,21,23)/b12-9+. The quantitative estimate of drug-likeness (QED) is 0.681. The van der Waals surface area contributed by atoms with Crippen LogP contribution in [-0.4, -0.2) is 33.2 Å². The second kappa shape index (κ2) is 9.23. The zero-order valence-corrected chi connectivity index (χ0v) is 16.4. The van der Waals surface area contributed by atoms with E-state index >= 15 is 0 Å². The van der Waals surface area contributed by atoms with Crippen molar-refractivity contribution in [3.8, 4) is 5.75 Å². The molecule has 0 heterocycles. The second-order valence-electron chi connectivity index (χ2n) is 6.37. The van der Waals surface area contributed by atoms with Crippen molar-refractivity contribution in [2.24, 2.45) is 0 Å². The summed E-state index contributed by atoms with van der Waals surface area (Å²) in [5.74, 6) is 0.545. The van der Waals surface area contributed by atoms with Gasteiger partial charge in [-0.25, -0.2) is 8.42 Å². The van der Waals surface area contributed by atoms with Crippen molar-refractivity contribution < 1.29 is 17.9 Å². The lowest BCUT2D eigenvalue weighted by Gasteiger charge is -2.14. The molecule has 6 nitrogen and oxygen atoms in total. The van der Waals surface area contributed by atoms with Crippen LogP contribution in [0.1, 0.15) is 18.1 Å². The van der Waals surface area contributed by atoms with E-state index < -0.39 is 10.0 Å². The van der Waals surface area contributed by atoms with Crippen LogP contribution in [0, 0.1) is 6.92 Å². The maximum absolute atomic E-state index is 12.0. The van der Waals surface area contributed by atoms with Gasteiger partial charge in [0.25, 0.3) is 0 Å². The average molecular weight is 388 g/mol. The van der Waals surface area contributed by atoms with Gasteiger partial charge >= 0.3 is 0 Å². The van der Waals surface area contributed by atoms with Gasteiger partial charge in [-0.1, -0.05) is 24.3 Å². The molecule has 2 aromatic carbocycles. The zero-order chi connectivity index (χ0) is 19.9. The molecular weight excluding hydrogens is 364 g/mol. The first-order valence-corrected chi connectivity index (χ1v) is 10.4. The van der Waals surface area contributed by atoms with Gasteiger partial charge in [0.1, 0.15) is 12.4 Å². The Labute approximate surface area is 160 Å². The van der Waals surface area contributed by atoms with Gasteiger partial charge in [-0.3, -0.25) is 9.52 Å². The molecule has 144 valence electrons. The van der Waals surface area contributed by atoms with E-state index in [0.717, 1.165) is 23.1 Å². The zero-order valence-electron chi connectivity index (χ0n) is 15.6. The van der Waals surface area contributed by atoms with Gasteiger partial charge in [0.2, 0.25) is 15.9 Å². The second-order valence-corrected chi connectivity index (χ2v) is 8.12. The molecule has 2 N–H and O–H groups in total. The predicted molar refractivity (Wildman–Crippen MR) is 108 cm³/mol. The number of ether oxygens (including phenoxy) is 1. The van der Waals surface area contributed by atoms with E-state index in [2.05, 4.69) is 10.0 Å². The molecule has 0 bridgehead atoms. The number of aryl methyl sites for hydroxylation is 1. The Morgan fingerprint density at radius 3 is 2.52 bits per heavy atom. The molecule has 1 amide bonds. The van der Waals surface area contributed by atoms with E-state index in [1.807, 2.05) is 38.1 Å². The number of carbonyl (C=O) groups is 1. The number of benzene rings is 2. The normalized spacial score (nSPS) is 12.6. The van der Waals surface area contributed by atoms with Gasteiger partial charge in [-0.2, -0.15) is 0 Å². The summed E-state index contributed by atoms with van der Waals surface area (Å²) in [7, 11) is -3.30. The Kier molecular flexibility index (Phi) is 7.01. The monoisotopic (exact) mass is 388 g/mol. The lowest BCUT2D eigenvalue weighted by Crippen LogP contribution is -2.35. The van der Waals surface area contributed by atoms with E-state index in [0.29, 0.717) is 12.3 Å². The van der Waals surface area contributed by atoms with Gasteiger partial charge in [0.05, 0.1) is 12.3 Å². The Morgan fingerprint density at radius 2 is 1.89 bits per heavy atom. The molecule has 7 heteroatoms. The van der Waals surface area contributed by atoms with E-state index in [1.54, 1.807) is 30.3 Å². The van der Waals surface area contributed by atoms with Gasteiger partial charge in [-0.05, 0) is 55.3 Å². The molecule has 0 radical (unpaired) electrons. The van der Waals surface area contributed by atoms with Crippen LogP contribution in [0.25, 0.3) is 6.08 Å². The number of nitrogens with one attached hydrogen (secondary N) is 2. The number of hydrogen-bond donors (Lipinski definition) is 2. The molecule has 27 heavy (non-hydrogen) atoms. The highest BCUT2D eigenvalue weighted by Crippen LogP contribution is 2.13. The molecular formula is C20H24N2O4S. The van der Waals surface area contributed by atoms with Crippen LogP contribution in [0.15, 0.2) is 54.6 Å². The minimum absolute atomic E-state index is 0.149.